The molecule has 232 valence electrons. The SMILES string of the molecule is C=C(CCNC(=O)CC/C=C/C[C@H](CCCCCCC)OC)C12O[C@H]1[C@H](O[C@@H]1OC[C@@H](O)[C@H](O)[C@H]1O)C=C(C)C2=O. The Hall–Kier alpha value is -1.92. The fourth-order valence-electron chi connectivity index (χ4n) is 5.47. The summed E-state index contributed by atoms with van der Waals surface area (Å²) in [6.45, 7) is 8.07. The minimum atomic E-state index is -1.45. The van der Waals surface area contributed by atoms with Crippen LogP contribution in [0.1, 0.15) is 78.1 Å². The molecule has 4 N–H and O–H groups in total. The van der Waals surface area contributed by atoms with Crippen molar-refractivity contribution in [3.05, 3.63) is 36.0 Å². The maximum atomic E-state index is 13.0. The van der Waals surface area contributed by atoms with E-state index in [4.69, 9.17) is 18.9 Å². The number of ketones is 1. The van der Waals surface area contributed by atoms with Gasteiger partial charge in [-0.05, 0) is 49.8 Å². The molecule has 10 heteroatoms. The summed E-state index contributed by atoms with van der Waals surface area (Å²) < 4.78 is 22.6. The fraction of sp³-hybridized carbons (Fsp3) is 0.742. The molecule has 2 fully saturated rings. The zero-order chi connectivity index (χ0) is 30.0. The highest BCUT2D eigenvalue weighted by Crippen LogP contribution is 2.51. The molecule has 0 bridgehead atoms. The van der Waals surface area contributed by atoms with Crippen LogP contribution >= 0.6 is 0 Å². The Bertz CT molecular complexity index is 950. The van der Waals surface area contributed by atoms with Gasteiger partial charge in [-0.2, -0.15) is 0 Å². The first-order chi connectivity index (χ1) is 19.6. The molecule has 10 nitrogen and oxygen atoms in total. The van der Waals surface area contributed by atoms with Crippen molar-refractivity contribution >= 4 is 11.7 Å². The summed E-state index contributed by atoms with van der Waals surface area (Å²) in [7, 11) is 1.75. The quantitative estimate of drug-likeness (QED) is 0.109. The van der Waals surface area contributed by atoms with Gasteiger partial charge in [0.2, 0.25) is 5.91 Å². The molecule has 2 aliphatic heterocycles. The fourth-order valence-corrected chi connectivity index (χ4v) is 5.47. The van der Waals surface area contributed by atoms with E-state index in [1.807, 2.05) is 6.08 Å². The maximum Gasteiger partial charge on any atom is 0.220 e. The minimum absolute atomic E-state index is 0.0798. The minimum Gasteiger partial charge on any atom is -0.388 e. The lowest BCUT2D eigenvalue weighted by Gasteiger charge is -2.36. The molecule has 1 aliphatic carbocycles. The van der Waals surface area contributed by atoms with Crippen molar-refractivity contribution in [1.29, 1.82) is 0 Å². The number of fused-ring (bicyclic) bond motifs is 1. The molecular formula is C31H49NO9. The Morgan fingerprint density at radius 3 is 2.68 bits per heavy atom. The number of ether oxygens (including phenoxy) is 4. The molecular weight excluding hydrogens is 530 g/mol. The third-order valence-corrected chi connectivity index (χ3v) is 8.15. The molecule has 0 spiro atoms. The molecule has 2 heterocycles. The van der Waals surface area contributed by atoms with Gasteiger partial charge in [-0.15, -0.1) is 0 Å². The third-order valence-electron chi connectivity index (χ3n) is 8.15. The number of epoxide rings is 1. The van der Waals surface area contributed by atoms with Crippen LogP contribution in [-0.2, 0) is 28.5 Å². The number of unbranched alkanes of at least 4 members (excludes halogenated alkanes) is 4. The van der Waals surface area contributed by atoms with Crippen LogP contribution in [0, 0.1) is 0 Å². The average Bonchev–Trinajstić information content (AvgIpc) is 3.72. The first-order valence-corrected chi connectivity index (χ1v) is 15.0. The number of amides is 1. The summed E-state index contributed by atoms with van der Waals surface area (Å²) in [5.41, 5.74) is -0.281. The van der Waals surface area contributed by atoms with Crippen LogP contribution in [0.15, 0.2) is 36.0 Å². The predicted molar refractivity (Wildman–Crippen MR) is 153 cm³/mol. The Morgan fingerprint density at radius 1 is 1.20 bits per heavy atom. The second-order valence-electron chi connectivity index (χ2n) is 11.3. The van der Waals surface area contributed by atoms with Crippen LogP contribution in [0.5, 0.6) is 0 Å². The molecule has 41 heavy (non-hydrogen) atoms. The van der Waals surface area contributed by atoms with Gasteiger partial charge in [-0.3, -0.25) is 9.59 Å². The Balaban J connectivity index is 1.37. The highest BCUT2D eigenvalue weighted by Gasteiger charge is 2.69. The Kier molecular flexibility index (Phi) is 13.2. The van der Waals surface area contributed by atoms with E-state index < -0.39 is 42.4 Å². The van der Waals surface area contributed by atoms with Crippen molar-refractivity contribution < 1.29 is 43.9 Å². The van der Waals surface area contributed by atoms with Crippen LogP contribution in [0.2, 0.25) is 0 Å². The van der Waals surface area contributed by atoms with Crippen molar-refractivity contribution in [2.75, 3.05) is 20.3 Å². The highest BCUT2D eigenvalue weighted by molar-refractivity contribution is 6.07. The number of hydrogen-bond acceptors (Lipinski definition) is 9. The van der Waals surface area contributed by atoms with E-state index in [1.165, 1.54) is 32.1 Å². The van der Waals surface area contributed by atoms with Crippen molar-refractivity contribution in [3.63, 3.8) is 0 Å². The number of hydrogen-bond donors (Lipinski definition) is 4. The van der Waals surface area contributed by atoms with Crippen LogP contribution < -0.4 is 5.32 Å². The molecule has 3 aliphatic rings. The summed E-state index contributed by atoms with van der Waals surface area (Å²) in [5.74, 6) is -0.288. The number of carbonyl (C=O) groups is 2. The number of aliphatic hydroxyl groups excluding tert-OH is 3. The van der Waals surface area contributed by atoms with Crippen molar-refractivity contribution in [3.8, 4) is 0 Å². The summed E-state index contributed by atoms with van der Waals surface area (Å²) in [4.78, 5) is 25.4. The van der Waals surface area contributed by atoms with E-state index in [9.17, 15) is 24.9 Å². The van der Waals surface area contributed by atoms with Crippen LogP contribution in [0.25, 0.3) is 0 Å². The number of rotatable bonds is 18. The van der Waals surface area contributed by atoms with Gasteiger partial charge in [0.05, 0.1) is 12.7 Å². The lowest BCUT2D eigenvalue weighted by atomic mass is 9.80. The molecule has 1 unspecified atom stereocenters. The van der Waals surface area contributed by atoms with Gasteiger partial charge < -0.3 is 39.6 Å². The molecule has 8 atom stereocenters. The molecule has 0 aromatic heterocycles. The lowest BCUT2D eigenvalue weighted by Crippen LogP contribution is -2.55. The van der Waals surface area contributed by atoms with Gasteiger partial charge in [0.25, 0.3) is 0 Å². The van der Waals surface area contributed by atoms with E-state index in [0.29, 0.717) is 37.0 Å². The van der Waals surface area contributed by atoms with E-state index in [2.05, 4.69) is 24.9 Å². The lowest BCUT2D eigenvalue weighted by molar-refractivity contribution is -0.279. The summed E-state index contributed by atoms with van der Waals surface area (Å²) in [5, 5.41) is 32.7. The largest absolute Gasteiger partial charge is 0.388 e. The van der Waals surface area contributed by atoms with Crippen LogP contribution in [-0.4, -0.2) is 95.8 Å². The number of Topliss-reactive ketones (excluding diaryl/α,β-unsaturated/α-hetero) is 1. The first kappa shape index (κ1) is 33.6. The zero-order valence-electron chi connectivity index (χ0n) is 24.8. The Labute approximate surface area is 243 Å². The monoisotopic (exact) mass is 579 g/mol. The second kappa shape index (κ2) is 16.1. The van der Waals surface area contributed by atoms with Crippen molar-refractivity contribution in [2.45, 2.75) is 127 Å². The predicted octanol–water partition coefficient (Wildman–Crippen LogP) is 2.64. The van der Waals surface area contributed by atoms with Crippen LogP contribution in [0.4, 0.5) is 0 Å². The molecule has 0 aromatic carbocycles. The number of allylic oxidation sites excluding steroid dienone is 1. The molecule has 2 saturated heterocycles. The van der Waals surface area contributed by atoms with Crippen LogP contribution in [0.3, 0.4) is 0 Å². The van der Waals surface area contributed by atoms with Gasteiger partial charge in [0.1, 0.15) is 30.5 Å². The molecule has 0 radical (unpaired) electrons. The topological polar surface area (TPSA) is 147 Å². The summed E-state index contributed by atoms with van der Waals surface area (Å²) in [6.07, 6.45) is 8.77. The standard InChI is InChI=1S/C31H49NO9/c1-5-6-7-8-10-13-22(38-4)14-11-9-12-15-25(34)32-17-16-21(3)31-28(37)20(2)18-24(29(31)41-31)40-30-27(36)26(35)23(33)19-39-30/h9,11,18,22-24,26-27,29-30,33,35-36H,3,5-8,10,12-17,19H2,1-2,4H3,(H,32,34)/b11-9+/t22-,23+,24+,26-,27+,29-,30-,31?/m0/s1. The first-order valence-electron chi connectivity index (χ1n) is 15.0. The van der Waals surface area contributed by atoms with E-state index in [0.717, 1.165) is 12.8 Å². The third kappa shape index (κ3) is 8.79. The smallest absolute Gasteiger partial charge is 0.220 e. The molecule has 1 amide bonds. The Morgan fingerprint density at radius 2 is 1.95 bits per heavy atom. The molecule has 0 saturated carbocycles. The van der Waals surface area contributed by atoms with Gasteiger partial charge in [-0.1, -0.05) is 57.8 Å². The van der Waals surface area contributed by atoms with Gasteiger partial charge in [0.15, 0.2) is 17.7 Å². The normalized spacial score (nSPS) is 32.0. The van der Waals surface area contributed by atoms with E-state index in [-0.39, 0.29) is 24.4 Å². The zero-order valence-corrected chi connectivity index (χ0v) is 24.8. The average molecular weight is 580 g/mol. The van der Waals surface area contributed by atoms with Gasteiger partial charge >= 0.3 is 0 Å². The van der Waals surface area contributed by atoms with Crippen molar-refractivity contribution in [2.24, 2.45) is 0 Å². The second-order valence-corrected chi connectivity index (χ2v) is 11.3. The van der Waals surface area contributed by atoms with E-state index in [1.54, 1.807) is 20.1 Å². The molecule has 3 rings (SSSR count). The van der Waals surface area contributed by atoms with E-state index >= 15 is 0 Å². The number of nitrogens with one attached hydrogen (secondary N) is 1. The maximum absolute atomic E-state index is 13.0. The molecule has 0 aromatic rings. The highest BCUT2D eigenvalue weighted by atomic mass is 16.7. The van der Waals surface area contributed by atoms with Crippen molar-refractivity contribution in [1.82, 2.24) is 5.32 Å². The summed E-state index contributed by atoms with van der Waals surface area (Å²) in [6, 6.07) is 0. The number of methoxy groups -OCH3 is 1. The van der Waals surface area contributed by atoms with Gasteiger partial charge in [-0.25, -0.2) is 0 Å². The number of aliphatic hydroxyl groups is 3. The number of carbonyl (C=O) groups excluding carboxylic acids is 2. The summed E-state index contributed by atoms with van der Waals surface area (Å²) >= 11 is 0. The van der Waals surface area contributed by atoms with Gasteiger partial charge in [0, 0.05) is 20.1 Å².